The Kier molecular flexibility index (Phi) is 31.2. The first-order valence-electron chi connectivity index (χ1n) is 18.6. The molecule has 316 valence electrons. The number of nitrogens with two attached hydrogens (primary N) is 4. The summed E-state index contributed by atoms with van der Waals surface area (Å²) in [7, 11) is 0.585. The van der Waals surface area contributed by atoms with E-state index < -0.39 is 71.6 Å². The van der Waals surface area contributed by atoms with Gasteiger partial charge >= 0.3 is 42.0 Å². The molecular formula is C34H68N4O14Si2. The molecule has 0 amide bonds. The summed E-state index contributed by atoms with van der Waals surface area (Å²) in [5.74, 6) is -12.2. The number of ketones is 2. The Hall–Kier alpha value is -2.67. The minimum Gasteiger partial charge on any atom is -0.481 e. The summed E-state index contributed by atoms with van der Waals surface area (Å²) in [6, 6.07) is 1.60. The Morgan fingerprint density at radius 2 is 1.07 bits per heavy atom. The van der Waals surface area contributed by atoms with Crippen molar-refractivity contribution in [2.75, 3.05) is 47.5 Å². The van der Waals surface area contributed by atoms with Gasteiger partial charge in [-0.3, -0.25) is 28.8 Å². The summed E-state index contributed by atoms with van der Waals surface area (Å²) in [6.45, 7) is 3.50. The van der Waals surface area contributed by atoms with Crippen LogP contribution in [0.25, 0.3) is 0 Å². The van der Waals surface area contributed by atoms with Crippen molar-refractivity contribution in [3.05, 3.63) is 0 Å². The van der Waals surface area contributed by atoms with Crippen LogP contribution in [-0.4, -0.2) is 121 Å². The Bertz CT molecular complexity index is 1100. The molecule has 54 heavy (non-hydrogen) atoms. The second kappa shape index (κ2) is 31.5. The number of aliphatic carboxylic acids is 4. The molecule has 12 N–H and O–H groups in total. The van der Waals surface area contributed by atoms with E-state index in [0.29, 0.717) is 32.4 Å². The Morgan fingerprint density at radius 1 is 0.611 bits per heavy atom. The molecule has 0 aliphatic heterocycles. The van der Waals surface area contributed by atoms with Gasteiger partial charge in [-0.15, -0.1) is 0 Å². The van der Waals surface area contributed by atoms with Crippen LogP contribution in [0.3, 0.4) is 0 Å². The molecule has 0 aliphatic rings. The van der Waals surface area contributed by atoms with Gasteiger partial charge in [-0.1, -0.05) is 13.3 Å². The number of hydrogen-bond donors (Lipinski definition) is 8. The van der Waals surface area contributed by atoms with Crippen LogP contribution in [-0.2, 0) is 46.2 Å². The van der Waals surface area contributed by atoms with Crippen molar-refractivity contribution in [1.29, 1.82) is 0 Å². The van der Waals surface area contributed by atoms with Crippen molar-refractivity contribution >= 4 is 53.5 Å². The fourth-order valence-corrected chi connectivity index (χ4v) is 11.8. The molecule has 6 unspecified atom stereocenters. The minimum absolute atomic E-state index is 0.0350. The summed E-state index contributed by atoms with van der Waals surface area (Å²) in [4.78, 5) is 72.3. The van der Waals surface area contributed by atoms with E-state index in [1.54, 1.807) is 28.3 Å². The quantitative estimate of drug-likeness (QED) is 0.0427. The zero-order valence-electron chi connectivity index (χ0n) is 32.6. The van der Waals surface area contributed by atoms with Crippen molar-refractivity contribution in [1.82, 2.24) is 0 Å². The van der Waals surface area contributed by atoms with E-state index in [1.807, 2.05) is 0 Å². The molecule has 6 atom stereocenters. The van der Waals surface area contributed by atoms with E-state index in [2.05, 4.69) is 0 Å². The van der Waals surface area contributed by atoms with Gasteiger partial charge in [0.2, 0.25) is 0 Å². The lowest BCUT2D eigenvalue weighted by molar-refractivity contribution is -0.155. The number of Topliss-reactive ketones (excluding diaryl/α,β-unsaturated/α-hetero) is 2. The average Bonchev–Trinajstić information content (AvgIpc) is 3.14. The first-order chi connectivity index (χ1) is 25.6. The van der Waals surface area contributed by atoms with Gasteiger partial charge in [0.05, 0.1) is 23.7 Å². The van der Waals surface area contributed by atoms with Crippen molar-refractivity contribution in [3.8, 4) is 0 Å². The lowest BCUT2D eigenvalue weighted by Gasteiger charge is -2.30. The Morgan fingerprint density at radius 3 is 1.50 bits per heavy atom. The molecule has 18 nitrogen and oxygen atoms in total. The van der Waals surface area contributed by atoms with Crippen LogP contribution in [0, 0.1) is 29.6 Å². The molecule has 0 saturated carbocycles. The summed E-state index contributed by atoms with van der Waals surface area (Å²) >= 11 is 0. The Balaban J connectivity index is 0. The van der Waals surface area contributed by atoms with Crippen LogP contribution < -0.4 is 22.9 Å². The molecule has 0 saturated heterocycles. The third kappa shape index (κ3) is 22.0. The van der Waals surface area contributed by atoms with E-state index in [1.165, 1.54) is 0 Å². The molecule has 0 heterocycles. The normalized spacial score (nSPS) is 14.8. The highest BCUT2D eigenvalue weighted by atomic mass is 28.4. The maximum Gasteiger partial charge on any atom is 0.491 e. The van der Waals surface area contributed by atoms with Crippen LogP contribution in [0.5, 0.6) is 0 Å². The number of carboxylic acid groups (broad SMARTS) is 4. The number of rotatable bonds is 34. The average molecular weight is 813 g/mol. The van der Waals surface area contributed by atoms with E-state index >= 15 is 0 Å². The van der Waals surface area contributed by atoms with Crippen LogP contribution >= 0.6 is 0 Å². The molecule has 0 aromatic carbocycles. The van der Waals surface area contributed by atoms with Crippen LogP contribution in [0.15, 0.2) is 0 Å². The summed E-state index contributed by atoms with van der Waals surface area (Å²) in [5, 5.41) is 38.7. The zero-order valence-corrected chi connectivity index (χ0v) is 34.7. The van der Waals surface area contributed by atoms with E-state index in [-0.39, 0.29) is 76.0 Å². The predicted molar refractivity (Wildman–Crippen MR) is 205 cm³/mol. The highest BCUT2D eigenvalue weighted by Crippen LogP contribution is 2.32. The van der Waals surface area contributed by atoms with Gasteiger partial charge in [0, 0.05) is 52.6 Å². The lowest BCUT2D eigenvalue weighted by atomic mass is 9.76. The molecule has 0 bridgehead atoms. The number of carboxylic acids is 4. The smallest absolute Gasteiger partial charge is 0.481 e. The van der Waals surface area contributed by atoms with E-state index in [4.69, 9.17) is 40.3 Å². The van der Waals surface area contributed by atoms with E-state index in [0.717, 1.165) is 24.9 Å². The van der Waals surface area contributed by atoms with Gasteiger partial charge in [-0.05, 0) is 90.0 Å². The van der Waals surface area contributed by atoms with Gasteiger partial charge < -0.3 is 60.8 Å². The largest absolute Gasteiger partial charge is 0.491 e. The number of hydrogen-bond acceptors (Lipinski definition) is 14. The molecule has 0 aromatic heterocycles. The molecule has 0 aliphatic carbocycles. The topological polar surface area (TPSA) is 324 Å². The Labute approximate surface area is 322 Å². The maximum absolute atomic E-state index is 12.8. The molecule has 0 fully saturated rings. The van der Waals surface area contributed by atoms with Crippen LogP contribution in [0.4, 0.5) is 0 Å². The molecule has 0 radical (unpaired) electrons. The van der Waals surface area contributed by atoms with Crippen molar-refractivity contribution in [3.63, 3.8) is 0 Å². The number of carbonyl (C=O) groups is 6. The monoisotopic (exact) mass is 812 g/mol. The SMILES string of the molecule is CCCC(C(=O)O)C(CCC(C(=O)O)C(CCC(CC(=O)CCCN)C(=O)O)C(=O)O)C(=O)CCCN.CO[SiH](CCCN)O[Si](CCCN)(OC)OC. The third-order valence-electron chi connectivity index (χ3n) is 9.19. The highest BCUT2D eigenvalue weighted by Gasteiger charge is 2.41. The van der Waals surface area contributed by atoms with Crippen molar-refractivity contribution in [2.45, 2.75) is 102 Å². The van der Waals surface area contributed by atoms with Crippen LogP contribution in [0.2, 0.25) is 12.1 Å². The van der Waals surface area contributed by atoms with Gasteiger partial charge in [0.1, 0.15) is 11.6 Å². The third-order valence-corrected chi connectivity index (χ3v) is 15.3. The molecule has 0 spiro atoms. The van der Waals surface area contributed by atoms with Gasteiger partial charge in [0.15, 0.2) is 0 Å². The first kappa shape index (κ1) is 53.4. The lowest BCUT2D eigenvalue weighted by Crippen LogP contribution is -2.49. The molecule has 0 aromatic rings. The van der Waals surface area contributed by atoms with Crippen molar-refractivity contribution < 1.29 is 66.6 Å². The van der Waals surface area contributed by atoms with Gasteiger partial charge in [-0.2, -0.15) is 0 Å². The van der Waals surface area contributed by atoms with E-state index in [9.17, 15) is 49.2 Å². The van der Waals surface area contributed by atoms with Crippen molar-refractivity contribution in [2.24, 2.45) is 52.5 Å². The fourth-order valence-electron chi connectivity index (χ4n) is 6.05. The molecule has 0 rings (SSSR count). The minimum atomic E-state index is -2.58. The maximum atomic E-state index is 12.8. The molecular weight excluding hydrogens is 745 g/mol. The summed E-state index contributed by atoms with van der Waals surface area (Å²) in [6.07, 6.45) is 2.03. The second-order valence-electron chi connectivity index (χ2n) is 13.1. The highest BCUT2D eigenvalue weighted by molar-refractivity contribution is 6.69. The first-order valence-corrected chi connectivity index (χ1v) is 22.3. The summed E-state index contributed by atoms with van der Waals surface area (Å²) in [5.41, 5.74) is 21.8. The zero-order chi connectivity index (χ0) is 41.7. The second-order valence-corrected chi connectivity index (χ2v) is 18.6. The standard InChI is InChI=1S/C25H42N2O10.C9H26N2O4Si2/c1-2-5-18(23(32)33)17(21(29)7-4-13-27)10-11-20(25(36)37)19(24(34)35)9-8-15(22(30)31)14-16(28)6-3-12-26;1-12-16(8-4-6-10)15-17(13-2,14-3)9-5-7-11/h15,17-20H,2-14,26-27H2,1H3,(H,30,31)(H,32,33)(H,34,35)(H,36,37);16H,4-11H2,1-3H3. The van der Waals surface area contributed by atoms with Crippen LogP contribution in [0.1, 0.15) is 90.4 Å². The van der Waals surface area contributed by atoms with Gasteiger partial charge in [-0.25, -0.2) is 0 Å². The predicted octanol–water partition coefficient (Wildman–Crippen LogP) is 1.57. The molecule has 20 heteroatoms. The number of carbonyl (C=O) groups excluding carboxylic acids is 2. The fraction of sp³-hybridized carbons (Fsp3) is 0.824. The van der Waals surface area contributed by atoms with Gasteiger partial charge in [0.25, 0.3) is 0 Å². The summed E-state index contributed by atoms with van der Waals surface area (Å²) < 4.78 is 22.3.